The number of hydrogen-bond acceptors (Lipinski definition) is 2. The summed E-state index contributed by atoms with van der Waals surface area (Å²) < 4.78 is 0.771. The van der Waals surface area contributed by atoms with E-state index in [1.807, 2.05) is 0 Å². The maximum atomic E-state index is 12.2. The van der Waals surface area contributed by atoms with Crippen molar-refractivity contribution >= 4 is 50.7 Å². The quantitative estimate of drug-likeness (QED) is 0.796. The summed E-state index contributed by atoms with van der Waals surface area (Å²) in [6.07, 6.45) is 5.46. The van der Waals surface area contributed by atoms with Crippen molar-refractivity contribution in [3.05, 3.63) is 26.7 Å². The highest BCUT2D eigenvalue weighted by atomic mass is 79.9. The van der Waals surface area contributed by atoms with Gasteiger partial charge in [-0.1, -0.05) is 58.4 Å². The molecule has 3 N–H and O–H groups in total. The number of amides is 1. The van der Waals surface area contributed by atoms with E-state index < -0.39 is 5.54 Å². The SMILES string of the molecule is NC1(CC(=O)Nc2c(Cl)cc(Br)cc2Cl)CCCCC1. The van der Waals surface area contributed by atoms with E-state index in [0.29, 0.717) is 22.2 Å². The van der Waals surface area contributed by atoms with Gasteiger partial charge in [0.2, 0.25) is 5.91 Å². The molecule has 110 valence electrons. The molecule has 1 aromatic rings. The van der Waals surface area contributed by atoms with E-state index in [9.17, 15) is 4.79 Å². The maximum absolute atomic E-state index is 12.2. The molecule has 0 unspecified atom stereocenters. The van der Waals surface area contributed by atoms with Crippen LogP contribution in [0.25, 0.3) is 0 Å². The molecule has 0 spiro atoms. The van der Waals surface area contributed by atoms with Crippen molar-refractivity contribution in [1.82, 2.24) is 0 Å². The second-order valence-corrected chi connectivity index (χ2v) is 7.12. The predicted octanol–water partition coefficient (Wildman–Crippen LogP) is 4.75. The zero-order chi connectivity index (χ0) is 14.8. The van der Waals surface area contributed by atoms with Crippen molar-refractivity contribution in [1.29, 1.82) is 0 Å². The standard InChI is InChI=1S/C14H17BrCl2N2O/c15-9-6-10(16)13(11(17)7-9)19-12(20)8-14(18)4-2-1-3-5-14/h6-7H,1-5,8,18H2,(H,19,20). The Morgan fingerprint density at radius 3 is 2.35 bits per heavy atom. The van der Waals surface area contributed by atoms with Crippen LogP contribution in [0.2, 0.25) is 10.0 Å². The highest BCUT2D eigenvalue weighted by Crippen LogP contribution is 2.35. The van der Waals surface area contributed by atoms with Crippen LogP contribution in [-0.4, -0.2) is 11.4 Å². The molecule has 1 amide bonds. The van der Waals surface area contributed by atoms with Gasteiger partial charge in [-0.05, 0) is 25.0 Å². The van der Waals surface area contributed by atoms with Gasteiger partial charge in [0.25, 0.3) is 0 Å². The lowest BCUT2D eigenvalue weighted by Crippen LogP contribution is -2.44. The van der Waals surface area contributed by atoms with Crippen molar-refractivity contribution in [2.75, 3.05) is 5.32 Å². The highest BCUT2D eigenvalue weighted by molar-refractivity contribution is 9.10. The Balaban J connectivity index is 2.05. The second-order valence-electron chi connectivity index (χ2n) is 5.39. The van der Waals surface area contributed by atoms with Gasteiger partial charge in [-0.2, -0.15) is 0 Å². The average Bonchev–Trinajstić information content (AvgIpc) is 2.34. The first-order valence-electron chi connectivity index (χ1n) is 6.63. The zero-order valence-corrected chi connectivity index (χ0v) is 14.1. The molecule has 1 aliphatic carbocycles. The van der Waals surface area contributed by atoms with E-state index in [-0.39, 0.29) is 5.91 Å². The molecule has 0 aliphatic heterocycles. The van der Waals surface area contributed by atoms with E-state index in [0.717, 1.165) is 30.2 Å². The summed E-state index contributed by atoms with van der Waals surface area (Å²) in [5.41, 5.74) is 6.33. The first kappa shape index (κ1) is 16.1. The largest absolute Gasteiger partial charge is 0.325 e. The second kappa shape index (κ2) is 6.65. The third kappa shape index (κ3) is 4.10. The molecule has 1 aliphatic rings. The van der Waals surface area contributed by atoms with Gasteiger partial charge in [-0.15, -0.1) is 0 Å². The van der Waals surface area contributed by atoms with Crippen LogP contribution in [0.4, 0.5) is 5.69 Å². The Bertz CT molecular complexity index is 493. The summed E-state index contributed by atoms with van der Waals surface area (Å²) in [6, 6.07) is 3.39. The first-order valence-corrected chi connectivity index (χ1v) is 8.18. The minimum absolute atomic E-state index is 0.138. The van der Waals surface area contributed by atoms with Gasteiger partial charge in [-0.25, -0.2) is 0 Å². The predicted molar refractivity (Wildman–Crippen MR) is 87.4 cm³/mol. The number of hydrogen-bond donors (Lipinski definition) is 2. The van der Waals surface area contributed by atoms with Gasteiger partial charge in [0.05, 0.1) is 15.7 Å². The zero-order valence-electron chi connectivity index (χ0n) is 11.0. The lowest BCUT2D eigenvalue weighted by molar-refractivity contribution is -0.117. The topological polar surface area (TPSA) is 55.1 Å². The van der Waals surface area contributed by atoms with E-state index in [4.69, 9.17) is 28.9 Å². The molecule has 6 heteroatoms. The van der Waals surface area contributed by atoms with Gasteiger partial charge in [0.1, 0.15) is 0 Å². The Morgan fingerprint density at radius 2 is 1.80 bits per heavy atom. The third-order valence-electron chi connectivity index (χ3n) is 3.63. The van der Waals surface area contributed by atoms with Gasteiger partial charge in [0, 0.05) is 16.4 Å². The van der Waals surface area contributed by atoms with Gasteiger partial charge < -0.3 is 11.1 Å². The number of halogens is 3. The summed E-state index contributed by atoms with van der Waals surface area (Å²) in [5, 5.41) is 3.59. The fraction of sp³-hybridized carbons (Fsp3) is 0.500. The van der Waals surface area contributed by atoms with Crippen LogP contribution in [0, 0.1) is 0 Å². The maximum Gasteiger partial charge on any atom is 0.226 e. The number of rotatable bonds is 3. The molecule has 2 rings (SSSR count). The van der Waals surface area contributed by atoms with Crippen LogP contribution < -0.4 is 11.1 Å². The first-order chi connectivity index (χ1) is 9.39. The number of nitrogens with one attached hydrogen (secondary N) is 1. The van der Waals surface area contributed by atoms with Crippen LogP contribution in [0.1, 0.15) is 38.5 Å². The highest BCUT2D eigenvalue weighted by Gasteiger charge is 2.30. The van der Waals surface area contributed by atoms with Crippen molar-refractivity contribution in [2.45, 2.75) is 44.1 Å². The summed E-state index contributed by atoms with van der Waals surface area (Å²) in [6.45, 7) is 0. The lowest BCUT2D eigenvalue weighted by atomic mass is 9.80. The summed E-state index contributed by atoms with van der Waals surface area (Å²) in [5.74, 6) is -0.138. The summed E-state index contributed by atoms with van der Waals surface area (Å²) in [7, 11) is 0. The van der Waals surface area contributed by atoms with Crippen LogP contribution in [0.3, 0.4) is 0 Å². The molecular weight excluding hydrogens is 363 g/mol. The van der Waals surface area contributed by atoms with Crippen molar-refractivity contribution in [3.8, 4) is 0 Å². The Labute approximate surface area is 137 Å². The Morgan fingerprint density at radius 1 is 1.25 bits per heavy atom. The molecule has 0 atom stereocenters. The molecule has 1 aromatic carbocycles. The lowest BCUT2D eigenvalue weighted by Gasteiger charge is -2.32. The van der Waals surface area contributed by atoms with E-state index >= 15 is 0 Å². The minimum atomic E-state index is -0.392. The molecule has 0 heterocycles. The smallest absolute Gasteiger partial charge is 0.226 e. The van der Waals surface area contributed by atoms with Crippen LogP contribution >= 0.6 is 39.1 Å². The van der Waals surface area contributed by atoms with E-state index in [1.54, 1.807) is 12.1 Å². The van der Waals surface area contributed by atoms with Crippen molar-refractivity contribution in [2.24, 2.45) is 5.73 Å². The number of nitrogens with two attached hydrogens (primary N) is 1. The number of benzene rings is 1. The van der Waals surface area contributed by atoms with Crippen LogP contribution in [0.5, 0.6) is 0 Å². The van der Waals surface area contributed by atoms with Crippen molar-refractivity contribution in [3.63, 3.8) is 0 Å². The monoisotopic (exact) mass is 378 g/mol. The molecule has 0 radical (unpaired) electrons. The Hall–Kier alpha value is -0.290. The van der Waals surface area contributed by atoms with Crippen LogP contribution in [0.15, 0.2) is 16.6 Å². The number of carbonyl (C=O) groups is 1. The molecule has 1 saturated carbocycles. The molecule has 1 fully saturated rings. The van der Waals surface area contributed by atoms with Gasteiger partial charge in [0.15, 0.2) is 0 Å². The fourth-order valence-electron chi connectivity index (χ4n) is 2.60. The number of anilines is 1. The molecule has 0 saturated heterocycles. The van der Waals surface area contributed by atoms with Gasteiger partial charge >= 0.3 is 0 Å². The average molecular weight is 380 g/mol. The van der Waals surface area contributed by atoms with E-state index in [2.05, 4.69) is 21.2 Å². The fourth-order valence-corrected chi connectivity index (χ4v) is 3.90. The Kier molecular flexibility index (Phi) is 5.35. The normalized spacial score (nSPS) is 17.8. The number of carbonyl (C=O) groups excluding carboxylic acids is 1. The minimum Gasteiger partial charge on any atom is -0.325 e. The summed E-state index contributed by atoms with van der Waals surface area (Å²) >= 11 is 15.5. The molecule has 20 heavy (non-hydrogen) atoms. The van der Waals surface area contributed by atoms with E-state index in [1.165, 1.54) is 6.42 Å². The molecular formula is C14H17BrCl2N2O. The molecule has 0 aromatic heterocycles. The summed E-state index contributed by atoms with van der Waals surface area (Å²) in [4.78, 5) is 12.2. The molecule has 0 bridgehead atoms. The van der Waals surface area contributed by atoms with Crippen LogP contribution in [-0.2, 0) is 4.79 Å². The van der Waals surface area contributed by atoms with Gasteiger partial charge in [-0.3, -0.25) is 4.79 Å². The third-order valence-corrected chi connectivity index (χ3v) is 4.69. The molecule has 3 nitrogen and oxygen atoms in total. The van der Waals surface area contributed by atoms with Crippen molar-refractivity contribution < 1.29 is 4.79 Å².